The van der Waals surface area contributed by atoms with E-state index in [9.17, 15) is 9.59 Å². The third kappa shape index (κ3) is 5.00. The molecule has 0 N–H and O–H groups in total. The van der Waals surface area contributed by atoms with Gasteiger partial charge >= 0.3 is 5.97 Å². The summed E-state index contributed by atoms with van der Waals surface area (Å²) in [7, 11) is 1.47. The van der Waals surface area contributed by atoms with Crippen molar-refractivity contribution in [1.29, 1.82) is 0 Å². The molecule has 0 amide bonds. The van der Waals surface area contributed by atoms with E-state index in [0.717, 1.165) is 22.3 Å². The van der Waals surface area contributed by atoms with Gasteiger partial charge in [0.1, 0.15) is 5.60 Å². The SMILES string of the molecule is CCOC(=O)C(S)(C(=O)C(C)(CCc1ccccc1)OC)c1c(Cl)cc(C)c(C)c1C. The van der Waals surface area contributed by atoms with Crippen molar-refractivity contribution in [2.45, 2.75) is 57.8 Å². The Labute approximate surface area is 195 Å². The van der Waals surface area contributed by atoms with Gasteiger partial charge in [-0.2, -0.15) is 0 Å². The van der Waals surface area contributed by atoms with Crippen LogP contribution in [0, 0.1) is 20.8 Å². The van der Waals surface area contributed by atoms with Crippen molar-refractivity contribution in [3.05, 3.63) is 69.2 Å². The molecule has 2 unspecified atom stereocenters. The first kappa shape index (κ1) is 25.4. The lowest BCUT2D eigenvalue weighted by atomic mass is 9.78. The van der Waals surface area contributed by atoms with Gasteiger partial charge in [-0.25, -0.2) is 4.79 Å². The molecule has 0 aliphatic heterocycles. The molecule has 6 heteroatoms. The number of rotatable bonds is 9. The zero-order valence-corrected chi connectivity index (χ0v) is 20.7. The summed E-state index contributed by atoms with van der Waals surface area (Å²) in [5.41, 5.74) is 2.80. The quantitative estimate of drug-likeness (QED) is 0.301. The molecule has 2 atom stereocenters. The molecule has 2 aromatic carbocycles. The monoisotopic (exact) mass is 462 g/mol. The van der Waals surface area contributed by atoms with Crippen LogP contribution in [0.4, 0.5) is 0 Å². The summed E-state index contributed by atoms with van der Waals surface area (Å²) >= 11 is 11.3. The van der Waals surface area contributed by atoms with Gasteiger partial charge in [0.25, 0.3) is 0 Å². The zero-order valence-electron chi connectivity index (χ0n) is 19.0. The standard InChI is InChI=1S/C25H31ClO4S/c1-7-30-23(28)25(31,21-18(4)17(3)16(2)15-20(21)26)22(27)24(5,29-6)14-13-19-11-9-8-10-12-19/h8-12,15,31H,7,13-14H2,1-6H3. The van der Waals surface area contributed by atoms with Gasteiger partial charge in [0.2, 0.25) is 0 Å². The topological polar surface area (TPSA) is 52.6 Å². The summed E-state index contributed by atoms with van der Waals surface area (Å²) < 4.78 is 9.11. The number of ketones is 1. The van der Waals surface area contributed by atoms with E-state index in [1.165, 1.54) is 7.11 Å². The highest BCUT2D eigenvalue weighted by Gasteiger charge is 2.55. The van der Waals surface area contributed by atoms with E-state index in [-0.39, 0.29) is 6.61 Å². The van der Waals surface area contributed by atoms with Crippen LogP contribution in [-0.4, -0.2) is 31.1 Å². The number of carbonyl (C=O) groups is 2. The Morgan fingerprint density at radius 2 is 1.71 bits per heavy atom. The van der Waals surface area contributed by atoms with Gasteiger partial charge in [-0.1, -0.05) is 41.9 Å². The minimum absolute atomic E-state index is 0.115. The fourth-order valence-electron chi connectivity index (χ4n) is 3.74. The lowest BCUT2D eigenvalue weighted by Crippen LogP contribution is -2.53. The summed E-state index contributed by atoms with van der Waals surface area (Å²) in [6, 6.07) is 11.6. The van der Waals surface area contributed by atoms with Gasteiger partial charge in [-0.15, -0.1) is 12.6 Å². The summed E-state index contributed by atoms with van der Waals surface area (Å²) in [6.07, 6.45) is 0.971. The third-order valence-electron chi connectivity index (χ3n) is 6.04. The maximum atomic E-state index is 14.0. The molecule has 0 fully saturated rings. The number of esters is 1. The highest BCUT2D eigenvalue weighted by atomic mass is 35.5. The van der Waals surface area contributed by atoms with Gasteiger partial charge in [-0.05, 0) is 75.8 Å². The van der Waals surface area contributed by atoms with E-state index >= 15 is 0 Å². The predicted molar refractivity (Wildman–Crippen MR) is 128 cm³/mol. The first-order chi connectivity index (χ1) is 14.5. The molecule has 0 saturated heterocycles. The Balaban J connectivity index is 2.60. The number of methoxy groups -OCH3 is 1. The van der Waals surface area contributed by atoms with Crippen LogP contribution in [-0.2, 0) is 30.2 Å². The molecule has 31 heavy (non-hydrogen) atoms. The molecule has 0 aliphatic carbocycles. The number of Topliss-reactive ketones (excluding diaryl/α,β-unsaturated/α-hetero) is 1. The Morgan fingerprint density at radius 3 is 2.26 bits per heavy atom. The molecule has 0 spiro atoms. The minimum Gasteiger partial charge on any atom is -0.464 e. The number of benzene rings is 2. The minimum atomic E-state index is -1.91. The lowest BCUT2D eigenvalue weighted by Gasteiger charge is -2.36. The number of aryl methyl sites for hydroxylation is 2. The first-order valence-electron chi connectivity index (χ1n) is 10.3. The summed E-state index contributed by atoms with van der Waals surface area (Å²) in [6.45, 7) is 9.20. The van der Waals surface area contributed by atoms with Gasteiger partial charge in [0, 0.05) is 17.7 Å². The van der Waals surface area contributed by atoms with E-state index in [2.05, 4.69) is 0 Å². The average Bonchev–Trinajstić information content (AvgIpc) is 2.76. The molecule has 168 valence electrons. The Morgan fingerprint density at radius 1 is 1.10 bits per heavy atom. The summed E-state index contributed by atoms with van der Waals surface area (Å²) in [5.74, 6) is -1.24. The van der Waals surface area contributed by atoms with Crippen molar-refractivity contribution in [2.24, 2.45) is 0 Å². The van der Waals surface area contributed by atoms with Crippen molar-refractivity contribution < 1.29 is 19.1 Å². The normalized spacial score (nSPS) is 15.1. The second-order valence-corrected chi connectivity index (χ2v) is 9.06. The van der Waals surface area contributed by atoms with Crippen LogP contribution >= 0.6 is 24.2 Å². The van der Waals surface area contributed by atoms with Crippen LogP contribution in [0.5, 0.6) is 0 Å². The molecule has 0 heterocycles. The van der Waals surface area contributed by atoms with E-state index in [1.54, 1.807) is 19.9 Å². The van der Waals surface area contributed by atoms with Crippen LogP contribution in [0.25, 0.3) is 0 Å². The maximum Gasteiger partial charge on any atom is 0.334 e. The van der Waals surface area contributed by atoms with E-state index in [0.29, 0.717) is 23.4 Å². The fourth-order valence-corrected chi connectivity index (χ4v) is 4.84. The molecule has 0 saturated carbocycles. The lowest BCUT2D eigenvalue weighted by molar-refractivity contribution is -0.156. The van der Waals surface area contributed by atoms with Crippen LogP contribution in [0.3, 0.4) is 0 Å². The van der Waals surface area contributed by atoms with Crippen LogP contribution in [0.2, 0.25) is 5.02 Å². The zero-order chi connectivity index (χ0) is 23.4. The Hall–Kier alpha value is -1.82. The summed E-state index contributed by atoms with van der Waals surface area (Å²) in [5, 5.41) is 0.304. The molecular formula is C25H31ClO4S. The molecule has 0 radical (unpaired) electrons. The van der Waals surface area contributed by atoms with E-state index < -0.39 is 22.1 Å². The highest BCUT2D eigenvalue weighted by Crippen LogP contribution is 2.44. The number of hydrogen-bond acceptors (Lipinski definition) is 5. The van der Waals surface area contributed by atoms with Crippen molar-refractivity contribution in [3.8, 4) is 0 Å². The number of hydrogen-bond donors (Lipinski definition) is 1. The molecule has 0 bridgehead atoms. The largest absolute Gasteiger partial charge is 0.464 e. The molecular weight excluding hydrogens is 432 g/mol. The van der Waals surface area contributed by atoms with Crippen LogP contribution < -0.4 is 0 Å². The average molecular weight is 463 g/mol. The summed E-state index contributed by atoms with van der Waals surface area (Å²) in [4.78, 5) is 27.2. The van der Waals surface area contributed by atoms with E-state index in [1.807, 2.05) is 51.1 Å². The molecule has 4 nitrogen and oxygen atoms in total. The maximum absolute atomic E-state index is 14.0. The van der Waals surface area contributed by atoms with Crippen molar-refractivity contribution >= 4 is 36.0 Å². The van der Waals surface area contributed by atoms with Gasteiger partial charge in [-0.3, -0.25) is 4.79 Å². The van der Waals surface area contributed by atoms with Crippen LogP contribution in [0.1, 0.15) is 48.1 Å². The van der Waals surface area contributed by atoms with E-state index in [4.69, 9.17) is 33.7 Å². The Kier molecular flexibility index (Phi) is 8.37. The molecule has 0 aromatic heterocycles. The smallest absolute Gasteiger partial charge is 0.334 e. The molecule has 0 aliphatic rings. The number of carbonyl (C=O) groups excluding carboxylic acids is 2. The second-order valence-electron chi connectivity index (χ2n) is 7.98. The van der Waals surface area contributed by atoms with Crippen molar-refractivity contribution in [3.63, 3.8) is 0 Å². The first-order valence-corrected chi connectivity index (χ1v) is 11.2. The van der Waals surface area contributed by atoms with Crippen molar-refractivity contribution in [1.82, 2.24) is 0 Å². The molecule has 2 rings (SSSR count). The second kappa shape index (κ2) is 10.2. The van der Waals surface area contributed by atoms with Gasteiger partial charge in [0.05, 0.1) is 6.61 Å². The molecule has 2 aromatic rings. The Bertz CT molecular complexity index is 960. The fraction of sp³-hybridized carbons (Fsp3) is 0.440. The number of thiol groups is 1. The number of ether oxygens (including phenoxy) is 2. The van der Waals surface area contributed by atoms with Gasteiger partial charge in [0.15, 0.2) is 10.5 Å². The number of halogens is 1. The predicted octanol–water partition coefficient (Wildman–Crippen LogP) is 5.56. The van der Waals surface area contributed by atoms with Gasteiger partial charge < -0.3 is 9.47 Å². The van der Waals surface area contributed by atoms with Crippen LogP contribution in [0.15, 0.2) is 36.4 Å². The third-order valence-corrected chi connectivity index (χ3v) is 6.94. The van der Waals surface area contributed by atoms with Crippen molar-refractivity contribution in [2.75, 3.05) is 13.7 Å². The highest BCUT2D eigenvalue weighted by molar-refractivity contribution is 7.83.